The van der Waals surface area contributed by atoms with E-state index in [0.29, 0.717) is 0 Å². The Hall–Kier alpha value is -1.56. The third-order valence-electron chi connectivity index (χ3n) is 2.96. The normalized spacial score (nSPS) is 15.2. The van der Waals surface area contributed by atoms with Crippen LogP contribution in [0.25, 0.3) is 0 Å². The number of nitrogens with one attached hydrogen (secondary N) is 1. The van der Waals surface area contributed by atoms with Crippen LogP contribution in [0.4, 0.5) is 5.82 Å². The Bertz CT molecular complexity index is 406. The van der Waals surface area contributed by atoms with Gasteiger partial charge in [0.15, 0.2) is 0 Å². The van der Waals surface area contributed by atoms with Crippen molar-refractivity contribution in [1.29, 1.82) is 0 Å². The molecule has 0 saturated carbocycles. The van der Waals surface area contributed by atoms with Gasteiger partial charge in [-0.15, -0.1) is 6.42 Å². The van der Waals surface area contributed by atoms with Crippen LogP contribution < -0.4 is 5.32 Å². The van der Waals surface area contributed by atoms with Crippen molar-refractivity contribution in [3.63, 3.8) is 0 Å². The average molecular weight is 215 g/mol. The van der Waals surface area contributed by atoms with Crippen molar-refractivity contribution in [2.45, 2.75) is 45.1 Å². The lowest BCUT2D eigenvalue weighted by molar-refractivity contribution is 0.750. The Morgan fingerprint density at radius 2 is 2.38 bits per heavy atom. The van der Waals surface area contributed by atoms with Gasteiger partial charge in [-0.1, -0.05) is 19.3 Å². The minimum atomic E-state index is 0.0876. The first-order chi connectivity index (χ1) is 7.85. The third-order valence-corrected chi connectivity index (χ3v) is 2.96. The van der Waals surface area contributed by atoms with Crippen LogP contribution in [0, 0.1) is 12.3 Å². The highest BCUT2D eigenvalue weighted by Crippen LogP contribution is 2.25. The minimum Gasteiger partial charge on any atom is -0.356 e. The van der Waals surface area contributed by atoms with Gasteiger partial charge in [-0.25, -0.2) is 9.97 Å². The van der Waals surface area contributed by atoms with Crippen LogP contribution in [-0.4, -0.2) is 16.0 Å². The lowest BCUT2D eigenvalue weighted by atomic mass is 10.1. The van der Waals surface area contributed by atoms with Gasteiger partial charge in [-0.3, -0.25) is 0 Å². The number of anilines is 1. The van der Waals surface area contributed by atoms with Crippen LogP contribution in [0.3, 0.4) is 0 Å². The van der Waals surface area contributed by atoms with E-state index in [1.54, 1.807) is 6.33 Å². The van der Waals surface area contributed by atoms with Gasteiger partial charge in [0, 0.05) is 11.3 Å². The van der Waals surface area contributed by atoms with E-state index in [1.165, 1.54) is 17.7 Å². The molecule has 0 bridgehead atoms. The van der Waals surface area contributed by atoms with E-state index in [9.17, 15) is 0 Å². The summed E-state index contributed by atoms with van der Waals surface area (Å²) in [6.45, 7) is 2.14. The zero-order valence-corrected chi connectivity index (χ0v) is 9.66. The molecule has 84 valence electrons. The number of aryl methyl sites for hydroxylation is 1. The number of aromatic nitrogens is 2. The summed E-state index contributed by atoms with van der Waals surface area (Å²) < 4.78 is 0. The van der Waals surface area contributed by atoms with Gasteiger partial charge < -0.3 is 5.32 Å². The van der Waals surface area contributed by atoms with E-state index in [1.807, 2.05) is 0 Å². The van der Waals surface area contributed by atoms with Gasteiger partial charge in [-0.2, -0.15) is 0 Å². The molecular weight excluding hydrogens is 198 g/mol. The quantitative estimate of drug-likeness (QED) is 0.782. The standard InChI is InChI=1S/C13H17N3/c1-3-6-10(4-2)16-13-11-7-5-8-12(11)14-9-15-13/h2,9-10H,3,5-8H2,1H3,(H,14,15,16). The molecule has 1 aromatic heterocycles. The molecule has 0 spiro atoms. The van der Waals surface area contributed by atoms with Gasteiger partial charge in [-0.05, 0) is 25.7 Å². The van der Waals surface area contributed by atoms with E-state index in [-0.39, 0.29) is 6.04 Å². The van der Waals surface area contributed by atoms with Gasteiger partial charge in [0.05, 0.1) is 6.04 Å². The molecule has 1 N–H and O–H groups in total. The van der Waals surface area contributed by atoms with Crippen molar-refractivity contribution in [3.05, 3.63) is 17.6 Å². The van der Waals surface area contributed by atoms with E-state index in [2.05, 4.69) is 28.1 Å². The summed E-state index contributed by atoms with van der Waals surface area (Å²) in [7, 11) is 0. The average Bonchev–Trinajstić information content (AvgIpc) is 2.77. The van der Waals surface area contributed by atoms with E-state index in [4.69, 9.17) is 6.42 Å². The second-order valence-corrected chi connectivity index (χ2v) is 4.15. The van der Waals surface area contributed by atoms with Crippen molar-refractivity contribution in [1.82, 2.24) is 9.97 Å². The van der Waals surface area contributed by atoms with Gasteiger partial charge in [0.2, 0.25) is 0 Å². The van der Waals surface area contributed by atoms with Gasteiger partial charge in [0.25, 0.3) is 0 Å². The van der Waals surface area contributed by atoms with Crippen LogP contribution in [0.5, 0.6) is 0 Å². The lowest BCUT2D eigenvalue weighted by Crippen LogP contribution is -2.19. The topological polar surface area (TPSA) is 37.8 Å². The maximum atomic E-state index is 5.50. The molecule has 16 heavy (non-hydrogen) atoms. The zero-order chi connectivity index (χ0) is 11.4. The number of hydrogen-bond donors (Lipinski definition) is 1. The zero-order valence-electron chi connectivity index (χ0n) is 9.66. The summed E-state index contributed by atoms with van der Waals surface area (Å²) in [6, 6.07) is 0.0876. The Morgan fingerprint density at radius 1 is 1.50 bits per heavy atom. The van der Waals surface area contributed by atoms with Crippen molar-refractivity contribution in [3.8, 4) is 12.3 Å². The number of fused-ring (bicyclic) bond motifs is 1. The number of terminal acetylenes is 1. The minimum absolute atomic E-state index is 0.0876. The molecule has 3 heteroatoms. The Balaban J connectivity index is 2.16. The highest BCUT2D eigenvalue weighted by atomic mass is 15.0. The van der Waals surface area contributed by atoms with Crippen LogP contribution in [0.2, 0.25) is 0 Å². The smallest absolute Gasteiger partial charge is 0.133 e. The first-order valence-corrected chi connectivity index (χ1v) is 5.90. The van der Waals surface area contributed by atoms with Crippen LogP contribution >= 0.6 is 0 Å². The molecule has 1 aliphatic carbocycles. The molecule has 1 aromatic rings. The van der Waals surface area contributed by atoms with Crippen LogP contribution in [0.1, 0.15) is 37.4 Å². The second kappa shape index (κ2) is 4.98. The second-order valence-electron chi connectivity index (χ2n) is 4.15. The maximum absolute atomic E-state index is 5.50. The highest BCUT2D eigenvalue weighted by Gasteiger charge is 2.18. The molecule has 2 rings (SSSR count). The monoisotopic (exact) mass is 215 g/mol. The summed E-state index contributed by atoms with van der Waals surface area (Å²) in [5.74, 6) is 3.71. The fourth-order valence-electron chi connectivity index (χ4n) is 2.13. The number of nitrogens with zero attached hydrogens (tertiary/aromatic N) is 2. The Morgan fingerprint density at radius 3 is 3.12 bits per heavy atom. The fourth-order valence-corrected chi connectivity index (χ4v) is 2.13. The van der Waals surface area contributed by atoms with Crippen molar-refractivity contribution < 1.29 is 0 Å². The summed E-state index contributed by atoms with van der Waals surface area (Å²) in [5.41, 5.74) is 2.45. The first kappa shape index (κ1) is 10.9. The first-order valence-electron chi connectivity index (χ1n) is 5.90. The van der Waals surface area contributed by atoms with Crippen LogP contribution in [0.15, 0.2) is 6.33 Å². The molecule has 0 aliphatic heterocycles. The molecule has 1 aliphatic rings. The van der Waals surface area contributed by atoms with E-state index in [0.717, 1.165) is 31.5 Å². The van der Waals surface area contributed by atoms with Crippen molar-refractivity contribution in [2.24, 2.45) is 0 Å². The summed E-state index contributed by atoms with van der Waals surface area (Å²) >= 11 is 0. The predicted octanol–water partition coefficient (Wildman–Crippen LogP) is 2.18. The molecule has 3 nitrogen and oxygen atoms in total. The van der Waals surface area contributed by atoms with Crippen molar-refractivity contribution in [2.75, 3.05) is 5.32 Å². The molecular formula is C13H17N3. The van der Waals surface area contributed by atoms with Crippen LogP contribution in [-0.2, 0) is 12.8 Å². The SMILES string of the molecule is C#CC(CCC)Nc1ncnc2c1CCC2. The maximum Gasteiger partial charge on any atom is 0.133 e. The Labute approximate surface area is 96.7 Å². The van der Waals surface area contributed by atoms with E-state index >= 15 is 0 Å². The van der Waals surface area contributed by atoms with E-state index < -0.39 is 0 Å². The fraction of sp³-hybridized carbons (Fsp3) is 0.538. The molecule has 0 amide bonds. The predicted molar refractivity (Wildman–Crippen MR) is 65.2 cm³/mol. The molecule has 0 fully saturated rings. The summed E-state index contributed by atoms with van der Waals surface area (Å²) in [6.07, 6.45) is 12.5. The Kier molecular flexibility index (Phi) is 3.40. The number of rotatable bonds is 4. The third kappa shape index (κ3) is 2.16. The molecule has 1 atom stereocenters. The highest BCUT2D eigenvalue weighted by molar-refractivity contribution is 5.49. The number of hydrogen-bond acceptors (Lipinski definition) is 3. The molecule has 0 saturated heterocycles. The van der Waals surface area contributed by atoms with Gasteiger partial charge in [0.1, 0.15) is 12.1 Å². The molecule has 0 aromatic carbocycles. The summed E-state index contributed by atoms with van der Waals surface area (Å²) in [4.78, 5) is 8.60. The summed E-state index contributed by atoms with van der Waals surface area (Å²) in [5, 5.41) is 3.34. The molecule has 1 heterocycles. The molecule has 1 unspecified atom stereocenters. The van der Waals surface area contributed by atoms with Crippen molar-refractivity contribution >= 4 is 5.82 Å². The molecule has 0 radical (unpaired) electrons. The lowest BCUT2D eigenvalue weighted by Gasteiger charge is -2.14. The largest absolute Gasteiger partial charge is 0.356 e. The van der Waals surface area contributed by atoms with Gasteiger partial charge >= 0.3 is 0 Å².